The third kappa shape index (κ3) is 3.38. The van der Waals surface area contributed by atoms with Crippen molar-refractivity contribution >= 4 is 23.4 Å². The van der Waals surface area contributed by atoms with Gasteiger partial charge >= 0.3 is 0 Å². The minimum atomic E-state index is -0.0682. The standard InChI is InChI=1S/C14H18N6OS/c1-10-12(22-19-18-10)13(21)17-9-11-3-7-20(8-4-11)14-15-5-2-6-16-14/h2,5-6,11H,3-4,7-9H2,1H3,(H,17,21). The Kier molecular flexibility index (Phi) is 4.57. The van der Waals surface area contributed by atoms with Gasteiger partial charge in [-0.05, 0) is 43.3 Å². The molecule has 0 spiro atoms. The second-order valence-electron chi connectivity index (χ2n) is 5.38. The highest BCUT2D eigenvalue weighted by Crippen LogP contribution is 2.20. The molecule has 22 heavy (non-hydrogen) atoms. The molecule has 1 aliphatic heterocycles. The van der Waals surface area contributed by atoms with E-state index in [1.807, 2.05) is 6.07 Å². The molecule has 3 heterocycles. The summed E-state index contributed by atoms with van der Waals surface area (Å²) in [5.74, 6) is 1.21. The van der Waals surface area contributed by atoms with E-state index in [4.69, 9.17) is 0 Å². The lowest BCUT2D eigenvalue weighted by Gasteiger charge is -2.31. The molecule has 1 amide bonds. The third-order valence-corrected chi connectivity index (χ3v) is 4.69. The molecule has 2 aromatic heterocycles. The highest BCUT2D eigenvalue weighted by atomic mass is 32.1. The molecule has 0 unspecified atom stereocenters. The van der Waals surface area contributed by atoms with Gasteiger partial charge < -0.3 is 10.2 Å². The van der Waals surface area contributed by atoms with Crippen LogP contribution < -0.4 is 10.2 Å². The van der Waals surface area contributed by atoms with Crippen molar-refractivity contribution in [2.24, 2.45) is 5.92 Å². The fourth-order valence-electron chi connectivity index (χ4n) is 2.55. The predicted octanol–water partition coefficient (Wildman–Crippen LogP) is 1.28. The number of nitrogens with zero attached hydrogens (tertiary/aromatic N) is 5. The summed E-state index contributed by atoms with van der Waals surface area (Å²) in [4.78, 5) is 23.4. The van der Waals surface area contributed by atoms with Gasteiger partial charge in [0.25, 0.3) is 5.91 Å². The third-order valence-electron chi connectivity index (χ3n) is 3.86. The van der Waals surface area contributed by atoms with E-state index in [-0.39, 0.29) is 5.91 Å². The number of aryl methyl sites for hydroxylation is 1. The monoisotopic (exact) mass is 318 g/mol. The first-order valence-electron chi connectivity index (χ1n) is 7.33. The molecule has 0 saturated carbocycles. The molecule has 0 radical (unpaired) electrons. The largest absolute Gasteiger partial charge is 0.351 e. The summed E-state index contributed by atoms with van der Waals surface area (Å²) in [6.07, 6.45) is 5.58. The van der Waals surface area contributed by atoms with Crippen LogP contribution in [0.4, 0.5) is 5.95 Å². The Bertz CT molecular complexity index is 623. The Labute approximate surface area is 133 Å². The summed E-state index contributed by atoms with van der Waals surface area (Å²) in [7, 11) is 0. The molecular weight excluding hydrogens is 300 g/mol. The van der Waals surface area contributed by atoms with Crippen molar-refractivity contribution in [3.63, 3.8) is 0 Å². The molecule has 0 aliphatic carbocycles. The van der Waals surface area contributed by atoms with Crippen molar-refractivity contribution in [2.75, 3.05) is 24.5 Å². The molecule has 116 valence electrons. The van der Waals surface area contributed by atoms with E-state index in [2.05, 4.69) is 29.8 Å². The summed E-state index contributed by atoms with van der Waals surface area (Å²) >= 11 is 1.14. The summed E-state index contributed by atoms with van der Waals surface area (Å²) in [5.41, 5.74) is 0.693. The van der Waals surface area contributed by atoms with Crippen LogP contribution in [0.15, 0.2) is 18.5 Å². The summed E-state index contributed by atoms with van der Waals surface area (Å²) < 4.78 is 3.79. The molecule has 0 aromatic carbocycles. The lowest BCUT2D eigenvalue weighted by Crippen LogP contribution is -2.39. The van der Waals surface area contributed by atoms with Crippen molar-refractivity contribution in [1.82, 2.24) is 24.9 Å². The maximum atomic E-state index is 12.0. The average molecular weight is 318 g/mol. The quantitative estimate of drug-likeness (QED) is 0.914. The van der Waals surface area contributed by atoms with Crippen molar-refractivity contribution in [2.45, 2.75) is 19.8 Å². The maximum absolute atomic E-state index is 12.0. The Morgan fingerprint density at radius 2 is 2.09 bits per heavy atom. The smallest absolute Gasteiger partial charge is 0.264 e. The molecule has 7 nitrogen and oxygen atoms in total. The molecule has 0 bridgehead atoms. The number of rotatable bonds is 4. The van der Waals surface area contributed by atoms with Gasteiger partial charge in [-0.15, -0.1) is 5.10 Å². The normalized spacial score (nSPS) is 15.8. The van der Waals surface area contributed by atoms with Gasteiger partial charge in [-0.3, -0.25) is 4.79 Å². The second kappa shape index (κ2) is 6.78. The topological polar surface area (TPSA) is 83.9 Å². The van der Waals surface area contributed by atoms with Crippen LogP contribution in [0.5, 0.6) is 0 Å². The van der Waals surface area contributed by atoms with Crippen LogP contribution in [-0.2, 0) is 0 Å². The molecule has 3 rings (SSSR count). The second-order valence-corrected chi connectivity index (χ2v) is 6.13. The number of hydrogen-bond acceptors (Lipinski definition) is 7. The molecule has 8 heteroatoms. The first-order chi connectivity index (χ1) is 10.7. The van der Waals surface area contributed by atoms with Gasteiger partial charge in [-0.25, -0.2) is 9.97 Å². The molecular formula is C14H18N6OS. The lowest BCUT2D eigenvalue weighted by atomic mass is 9.97. The Hall–Kier alpha value is -2.09. The number of piperidine rings is 1. The molecule has 1 N–H and O–H groups in total. The Morgan fingerprint density at radius 1 is 1.36 bits per heavy atom. The van der Waals surface area contributed by atoms with Crippen LogP contribution in [0.2, 0.25) is 0 Å². The van der Waals surface area contributed by atoms with Gasteiger partial charge in [0.1, 0.15) is 4.88 Å². The first kappa shape index (κ1) is 14.8. The van der Waals surface area contributed by atoms with Crippen LogP contribution in [0, 0.1) is 12.8 Å². The van der Waals surface area contributed by atoms with E-state index in [1.165, 1.54) is 0 Å². The van der Waals surface area contributed by atoms with E-state index in [1.54, 1.807) is 19.3 Å². The zero-order valence-electron chi connectivity index (χ0n) is 12.4. The number of aromatic nitrogens is 4. The molecule has 1 fully saturated rings. The van der Waals surface area contributed by atoms with E-state index < -0.39 is 0 Å². The highest BCUT2D eigenvalue weighted by molar-refractivity contribution is 7.07. The SMILES string of the molecule is Cc1nnsc1C(=O)NCC1CCN(c2ncccn2)CC1. The molecule has 0 atom stereocenters. The van der Waals surface area contributed by atoms with Crippen molar-refractivity contribution in [3.8, 4) is 0 Å². The average Bonchev–Trinajstić information content (AvgIpc) is 3.00. The van der Waals surface area contributed by atoms with E-state index >= 15 is 0 Å². The van der Waals surface area contributed by atoms with Crippen LogP contribution in [0.25, 0.3) is 0 Å². The molecule has 1 saturated heterocycles. The fourth-order valence-corrected chi connectivity index (χ4v) is 3.12. The number of amides is 1. The van der Waals surface area contributed by atoms with Gasteiger partial charge in [-0.2, -0.15) is 0 Å². The van der Waals surface area contributed by atoms with E-state index in [0.717, 1.165) is 43.4 Å². The zero-order valence-corrected chi connectivity index (χ0v) is 13.2. The minimum Gasteiger partial charge on any atom is -0.351 e. The maximum Gasteiger partial charge on any atom is 0.264 e. The van der Waals surface area contributed by atoms with E-state index in [9.17, 15) is 4.79 Å². The van der Waals surface area contributed by atoms with E-state index in [0.29, 0.717) is 23.0 Å². The number of carbonyl (C=O) groups excluding carboxylic acids is 1. The molecule has 2 aromatic rings. The highest BCUT2D eigenvalue weighted by Gasteiger charge is 2.22. The Balaban J connectivity index is 1.46. The first-order valence-corrected chi connectivity index (χ1v) is 8.10. The summed E-state index contributed by atoms with van der Waals surface area (Å²) in [6, 6.07) is 1.82. The van der Waals surface area contributed by atoms with Gasteiger partial charge in [0.2, 0.25) is 5.95 Å². The van der Waals surface area contributed by atoms with Crippen molar-refractivity contribution < 1.29 is 4.79 Å². The van der Waals surface area contributed by atoms with Crippen LogP contribution >= 0.6 is 11.5 Å². The predicted molar refractivity (Wildman–Crippen MR) is 83.9 cm³/mol. The zero-order chi connectivity index (χ0) is 15.4. The van der Waals surface area contributed by atoms with Crippen LogP contribution in [-0.4, -0.2) is 45.1 Å². The number of anilines is 1. The molecule has 1 aliphatic rings. The van der Waals surface area contributed by atoms with Gasteiger partial charge in [0.05, 0.1) is 5.69 Å². The van der Waals surface area contributed by atoms with Crippen LogP contribution in [0.1, 0.15) is 28.2 Å². The van der Waals surface area contributed by atoms with Gasteiger partial charge in [-0.1, -0.05) is 4.49 Å². The summed E-state index contributed by atoms with van der Waals surface area (Å²) in [6.45, 7) is 4.34. The van der Waals surface area contributed by atoms with Crippen molar-refractivity contribution in [3.05, 3.63) is 29.0 Å². The minimum absolute atomic E-state index is 0.0682. The number of carbonyl (C=O) groups is 1. The van der Waals surface area contributed by atoms with Gasteiger partial charge in [0, 0.05) is 32.0 Å². The van der Waals surface area contributed by atoms with Gasteiger partial charge in [0.15, 0.2) is 0 Å². The number of hydrogen-bond donors (Lipinski definition) is 1. The Morgan fingerprint density at radius 3 is 2.73 bits per heavy atom. The fraction of sp³-hybridized carbons (Fsp3) is 0.500. The lowest BCUT2D eigenvalue weighted by molar-refractivity contribution is 0.0948. The summed E-state index contributed by atoms with van der Waals surface area (Å²) in [5, 5.41) is 6.86. The van der Waals surface area contributed by atoms with Crippen molar-refractivity contribution in [1.29, 1.82) is 0 Å². The van der Waals surface area contributed by atoms with Crippen LogP contribution in [0.3, 0.4) is 0 Å². The number of nitrogens with one attached hydrogen (secondary N) is 1.